The highest BCUT2D eigenvalue weighted by Gasteiger charge is 2.30. The molecule has 0 aliphatic carbocycles. The van der Waals surface area contributed by atoms with Crippen molar-refractivity contribution in [3.05, 3.63) is 35.9 Å². The van der Waals surface area contributed by atoms with E-state index in [0.717, 1.165) is 5.56 Å². The Kier molecular flexibility index (Phi) is 14.5. The molecule has 0 bridgehead atoms. The SMILES string of the molecule is CSCCC(NC(=O)C(CCC(N)=O)NC(=O)C(CCC(N)=O)NC(=O)C(N)Cc1ccccc1)C(=O)O. The van der Waals surface area contributed by atoms with Crippen molar-refractivity contribution in [2.75, 3.05) is 12.0 Å². The van der Waals surface area contributed by atoms with E-state index >= 15 is 0 Å². The van der Waals surface area contributed by atoms with Crippen LogP contribution in [0.3, 0.4) is 0 Å². The molecule has 0 aromatic heterocycles. The molecule has 0 saturated carbocycles. The number of carboxylic acid groups (broad SMARTS) is 1. The zero-order valence-corrected chi connectivity index (χ0v) is 22.0. The number of benzene rings is 1. The molecule has 0 aliphatic heterocycles. The molecule has 5 amide bonds. The molecule has 1 rings (SSSR count). The zero-order chi connectivity index (χ0) is 28.7. The van der Waals surface area contributed by atoms with Gasteiger partial charge in [0.25, 0.3) is 0 Å². The van der Waals surface area contributed by atoms with Crippen molar-refractivity contribution in [1.29, 1.82) is 0 Å². The highest BCUT2D eigenvalue weighted by atomic mass is 32.2. The van der Waals surface area contributed by atoms with E-state index in [2.05, 4.69) is 16.0 Å². The van der Waals surface area contributed by atoms with E-state index in [1.165, 1.54) is 11.8 Å². The van der Waals surface area contributed by atoms with Crippen LogP contribution in [0.2, 0.25) is 0 Å². The molecule has 1 aromatic carbocycles. The van der Waals surface area contributed by atoms with Gasteiger partial charge in [-0.3, -0.25) is 24.0 Å². The molecule has 0 spiro atoms. The summed E-state index contributed by atoms with van der Waals surface area (Å²) >= 11 is 1.39. The average Bonchev–Trinajstić information content (AvgIpc) is 2.86. The van der Waals surface area contributed by atoms with Crippen LogP contribution in [0.1, 0.15) is 37.7 Å². The molecule has 0 radical (unpaired) electrons. The lowest BCUT2D eigenvalue weighted by molar-refractivity contribution is -0.142. The minimum Gasteiger partial charge on any atom is -0.480 e. The lowest BCUT2D eigenvalue weighted by Crippen LogP contribution is -2.57. The number of thioether (sulfide) groups is 1. The second-order valence-electron chi connectivity index (χ2n) is 8.61. The molecular formula is C24H36N6O7S. The van der Waals surface area contributed by atoms with E-state index in [1.54, 1.807) is 30.5 Å². The van der Waals surface area contributed by atoms with Crippen LogP contribution in [0.25, 0.3) is 0 Å². The Morgan fingerprint density at radius 2 is 1.26 bits per heavy atom. The van der Waals surface area contributed by atoms with E-state index in [4.69, 9.17) is 17.2 Å². The van der Waals surface area contributed by atoms with Crippen molar-refractivity contribution < 1.29 is 33.9 Å². The van der Waals surface area contributed by atoms with Gasteiger partial charge in [0, 0.05) is 12.8 Å². The van der Waals surface area contributed by atoms with Gasteiger partial charge in [0.2, 0.25) is 29.5 Å². The molecule has 13 nitrogen and oxygen atoms in total. The molecule has 4 unspecified atom stereocenters. The van der Waals surface area contributed by atoms with E-state index in [-0.39, 0.29) is 38.5 Å². The summed E-state index contributed by atoms with van der Waals surface area (Å²) in [6.07, 6.45) is 1.18. The van der Waals surface area contributed by atoms with Crippen LogP contribution in [0.4, 0.5) is 0 Å². The monoisotopic (exact) mass is 552 g/mol. The number of hydrogen-bond acceptors (Lipinski definition) is 8. The van der Waals surface area contributed by atoms with Gasteiger partial charge in [-0.1, -0.05) is 30.3 Å². The van der Waals surface area contributed by atoms with Gasteiger partial charge in [0.05, 0.1) is 6.04 Å². The van der Waals surface area contributed by atoms with Crippen molar-refractivity contribution >= 4 is 47.3 Å². The number of primary amides is 2. The fourth-order valence-corrected chi connectivity index (χ4v) is 3.86. The minimum atomic E-state index is -1.34. The molecular weight excluding hydrogens is 516 g/mol. The highest BCUT2D eigenvalue weighted by molar-refractivity contribution is 7.98. The molecule has 210 valence electrons. The summed E-state index contributed by atoms with van der Waals surface area (Å²) in [7, 11) is 0. The predicted octanol–water partition coefficient (Wildman–Crippen LogP) is -1.62. The zero-order valence-electron chi connectivity index (χ0n) is 21.2. The minimum absolute atomic E-state index is 0.134. The van der Waals surface area contributed by atoms with Gasteiger partial charge in [-0.15, -0.1) is 0 Å². The van der Waals surface area contributed by atoms with Gasteiger partial charge in [-0.25, -0.2) is 4.79 Å². The fourth-order valence-electron chi connectivity index (χ4n) is 3.39. The maximum atomic E-state index is 13.1. The Morgan fingerprint density at radius 1 is 0.789 bits per heavy atom. The lowest BCUT2D eigenvalue weighted by Gasteiger charge is -2.25. The summed E-state index contributed by atoms with van der Waals surface area (Å²) in [6, 6.07) is 4.11. The Morgan fingerprint density at radius 3 is 1.71 bits per heavy atom. The first kappa shape index (κ1) is 32.4. The topological polar surface area (TPSA) is 237 Å². The van der Waals surface area contributed by atoms with Crippen LogP contribution < -0.4 is 33.2 Å². The van der Waals surface area contributed by atoms with Gasteiger partial charge < -0.3 is 38.3 Å². The van der Waals surface area contributed by atoms with Crippen LogP contribution in [0.15, 0.2) is 30.3 Å². The van der Waals surface area contributed by atoms with Crippen LogP contribution in [0, 0.1) is 0 Å². The van der Waals surface area contributed by atoms with Crippen LogP contribution in [-0.4, -0.2) is 76.8 Å². The number of nitrogens with two attached hydrogens (primary N) is 3. The maximum absolute atomic E-state index is 13.1. The summed E-state index contributed by atoms with van der Waals surface area (Å²) in [6.45, 7) is 0. The van der Waals surface area contributed by atoms with Crippen molar-refractivity contribution in [1.82, 2.24) is 16.0 Å². The molecule has 0 heterocycles. The fraction of sp³-hybridized carbons (Fsp3) is 0.500. The van der Waals surface area contributed by atoms with Gasteiger partial charge >= 0.3 is 5.97 Å². The molecule has 4 atom stereocenters. The number of rotatable bonds is 18. The van der Waals surface area contributed by atoms with Gasteiger partial charge in [-0.05, 0) is 43.3 Å². The number of aliphatic carboxylic acids is 1. The first-order valence-corrected chi connectivity index (χ1v) is 13.3. The van der Waals surface area contributed by atoms with Crippen LogP contribution in [-0.2, 0) is 35.2 Å². The first-order chi connectivity index (χ1) is 17.9. The van der Waals surface area contributed by atoms with Crippen LogP contribution >= 0.6 is 11.8 Å². The van der Waals surface area contributed by atoms with Crippen molar-refractivity contribution in [2.45, 2.75) is 62.7 Å². The van der Waals surface area contributed by atoms with Gasteiger partial charge in [-0.2, -0.15) is 11.8 Å². The Bertz CT molecular complexity index is 978. The third kappa shape index (κ3) is 12.5. The number of amides is 5. The van der Waals surface area contributed by atoms with Gasteiger partial charge in [0.15, 0.2) is 0 Å². The third-order valence-corrected chi connectivity index (χ3v) is 6.13. The second kappa shape index (κ2) is 17.0. The predicted molar refractivity (Wildman–Crippen MR) is 141 cm³/mol. The number of carboxylic acids is 1. The number of carbonyl (C=O) groups is 6. The Labute approximate surface area is 225 Å². The van der Waals surface area contributed by atoms with Crippen molar-refractivity contribution in [3.8, 4) is 0 Å². The molecule has 38 heavy (non-hydrogen) atoms. The quantitative estimate of drug-likeness (QED) is 0.111. The van der Waals surface area contributed by atoms with Crippen LogP contribution in [0.5, 0.6) is 0 Å². The maximum Gasteiger partial charge on any atom is 0.326 e. The molecule has 0 aliphatic rings. The third-order valence-electron chi connectivity index (χ3n) is 5.49. The van der Waals surface area contributed by atoms with E-state index < -0.39 is 59.7 Å². The number of nitrogens with one attached hydrogen (secondary N) is 3. The molecule has 1 aromatic rings. The average molecular weight is 553 g/mol. The summed E-state index contributed by atoms with van der Waals surface area (Å²) in [4.78, 5) is 72.9. The van der Waals surface area contributed by atoms with Crippen molar-refractivity contribution in [3.63, 3.8) is 0 Å². The van der Waals surface area contributed by atoms with Gasteiger partial charge in [0.1, 0.15) is 18.1 Å². The van der Waals surface area contributed by atoms with E-state index in [9.17, 15) is 33.9 Å². The van der Waals surface area contributed by atoms with E-state index in [0.29, 0.717) is 5.75 Å². The second-order valence-corrected chi connectivity index (χ2v) is 9.60. The van der Waals surface area contributed by atoms with E-state index in [1.807, 2.05) is 6.07 Å². The summed E-state index contributed by atoms with van der Waals surface area (Å²) < 4.78 is 0. The Balaban J connectivity index is 3.01. The Hall–Kier alpha value is -3.65. The molecule has 10 N–H and O–H groups in total. The number of carbonyl (C=O) groups excluding carboxylic acids is 5. The lowest BCUT2D eigenvalue weighted by atomic mass is 10.0. The largest absolute Gasteiger partial charge is 0.480 e. The smallest absolute Gasteiger partial charge is 0.326 e. The first-order valence-electron chi connectivity index (χ1n) is 11.9. The molecule has 0 fully saturated rings. The van der Waals surface area contributed by atoms with Crippen molar-refractivity contribution in [2.24, 2.45) is 17.2 Å². The highest BCUT2D eigenvalue weighted by Crippen LogP contribution is 2.07. The number of hydrogen-bond donors (Lipinski definition) is 7. The summed E-state index contributed by atoms with van der Waals surface area (Å²) in [5.74, 6) is -4.60. The molecule has 0 saturated heterocycles. The molecule has 14 heteroatoms. The summed E-state index contributed by atoms with van der Waals surface area (Å²) in [5, 5.41) is 16.7. The summed E-state index contributed by atoms with van der Waals surface area (Å²) in [5.41, 5.74) is 17.2. The standard InChI is InChI=1S/C24H36N6O7S/c1-38-12-11-18(24(36)37)30-23(35)17(8-10-20(27)32)29-22(34)16(7-9-19(26)31)28-21(33)15(25)13-14-5-3-2-4-6-14/h2-6,15-18H,7-13,25H2,1H3,(H2,26,31)(H2,27,32)(H,28,33)(H,29,34)(H,30,35)(H,36,37). The normalized spacial score (nSPS) is 13.8.